The van der Waals surface area contributed by atoms with Crippen LogP contribution in [0.2, 0.25) is 0 Å². The average Bonchev–Trinajstić information content (AvgIpc) is 3.20. The topological polar surface area (TPSA) is 43.6 Å². The van der Waals surface area contributed by atoms with Crippen molar-refractivity contribution in [1.29, 1.82) is 0 Å². The third-order valence-electron chi connectivity index (χ3n) is 3.01. The Morgan fingerprint density at radius 3 is 2.26 bits per heavy atom. The summed E-state index contributed by atoms with van der Waals surface area (Å²) in [6.45, 7) is 2.08. The molecule has 23 heavy (non-hydrogen) atoms. The van der Waals surface area contributed by atoms with Gasteiger partial charge in [-0.15, -0.1) is 51.3 Å². The van der Waals surface area contributed by atoms with E-state index in [1.807, 2.05) is 36.4 Å². The van der Waals surface area contributed by atoms with E-state index in [1.165, 1.54) is 27.5 Å². The van der Waals surface area contributed by atoms with Gasteiger partial charge in [-0.2, -0.15) is 22.5 Å². The van der Waals surface area contributed by atoms with Crippen molar-refractivity contribution in [2.45, 2.75) is 6.92 Å². The fourth-order valence-corrected chi connectivity index (χ4v) is 2.01. The van der Waals surface area contributed by atoms with Gasteiger partial charge in [-0.05, 0) is 10.9 Å². The van der Waals surface area contributed by atoms with Gasteiger partial charge in [0.25, 0.3) is 0 Å². The third kappa shape index (κ3) is 5.69. The largest absolute Gasteiger partial charge is 4.00 e. The van der Waals surface area contributed by atoms with E-state index < -0.39 is 0 Å². The molecule has 116 valence electrons. The number of aromatic nitrogens is 4. The molecule has 0 saturated carbocycles. The van der Waals surface area contributed by atoms with Crippen LogP contribution in [0.5, 0.6) is 0 Å². The molecule has 0 atom stereocenters. The van der Waals surface area contributed by atoms with Gasteiger partial charge in [-0.1, -0.05) is 13.0 Å². The maximum Gasteiger partial charge on any atom is 4.00 e. The van der Waals surface area contributed by atoms with E-state index in [0.717, 1.165) is 5.69 Å². The van der Waals surface area contributed by atoms with Crippen LogP contribution < -0.4 is 24.8 Å². The first kappa shape index (κ1) is 21.7. The van der Waals surface area contributed by atoms with Crippen LogP contribution in [-0.4, -0.2) is 20.2 Å². The zero-order chi connectivity index (χ0) is 13.8. The summed E-state index contributed by atoms with van der Waals surface area (Å²) in [4.78, 5) is 1.51. The number of rotatable bonds is 1. The summed E-state index contributed by atoms with van der Waals surface area (Å²) in [7, 11) is 0. The molecule has 1 aromatic heterocycles. The van der Waals surface area contributed by atoms with Crippen LogP contribution in [0.4, 0.5) is 0 Å². The van der Waals surface area contributed by atoms with E-state index in [0.29, 0.717) is 0 Å². The molecular weight excluding hydrogens is 410 g/mol. The molecule has 0 saturated heterocycles. The predicted octanol–water partition coefficient (Wildman–Crippen LogP) is -2.75. The van der Waals surface area contributed by atoms with Gasteiger partial charge in [-0.3, -0.25) is 0 Å². The van der Waals surface area contributed by atoms with Gasteiger partial charge in [0.15, 0.2) is 6.33 Å². The summed E-state index contributed by atoms with van der Waals surface area (Å²) in [5, 5.41) is 13.9. The van der Waals surface area contributed by atoms with E-state index in [2.05, 4.69) is 46.6 Å². The summed E-state index contributed by atoms with van der Waals surface area (Å²) >= 11 is 0. The van der Waals surface area contributed by atoms with Crippen molar-refractivity contribution < 1.29 is 51.0 Å². The first-order valence-corrected chi connectivity index (χ1v) is 6.40. The molecule has 4 rings (SSSR count). The molecule has 0 aliphatic carbocycles. The minimum Gasteiger partial charge on any atom is -1.00 e. The second-order valence-corrected chi connectivity index (χ2v) is 4.53. The van der Waals surface area contributed by atoms with E-state index in [4.69, 9.17) is 0 Å². The Morgan fingerprint density at radius 1 is 1.04 bits per heavy atom. The Kier molecular flexibility index (Phi) is 9.89. The molecule has 0 amide bonds. The Balaban J connectivity index is 0.000000469. The molecule has 0 aliphatic rings. The van der Waals surface area contributed by atoms with Crippen molar-refractivity contribution in [3.8, 4) is 5.69 Å². The number of hydrogen-bond acceptors (Lipinski definition) is 3. The van der Waals surface area contributed by atoms with Gasteiger partial charge in [0.05, 0.1) is 0 Å². The van der Waals surface area contributed by atoms with Crippen LogP contribution in [0.3, 0.4) is 0 Å². The Labute approximate surface area is 166 Å². The van der Waals surface area contributed by atoms with Gasteiger partial charge in [0, 0.05) is 0 Å². The molecule has 1 heterocycles. The van der Waals surface area contributed by atoms with Crippen LogP contribution in [-0.2, 0) is 26.2 Å². The van der Waals surface area contributed by atoms with Gasteiger partial charge in [0.2, 0.25) is 0 Å². The van der Waals surface area contributed by atoms with Gasteiger partial charge in [-0.25, -0.2) is 12.1 Å². The normalized spacial score (nSPS) is 8.91. The van der Waals surface area contributed by atoms with E-state index >= 15 is 0 Å². The Hall–Kier alpha value is -1.29. The van der Waals surface area contributed by atoms with Crippen LogP contribution in [0.1, 0.15) is 5.56 Å². The molecule has 0 spiro atoms. The quantitative estimate of drug-likeness (QED) is 0.312. The van der Waals surface area contributed by atoms with Crippen LogP contribution in [0.25, 0.3) is 16.5 Å². The maximum absolute atomic E-state index is 3.98. The van der Waals surface area contributed by atoms with E-state index in [1.54, 1.807) is 0 Å². The number of halogens is 2. The molecule has 0 fully saturated rings. The first-order valence-electron chi connectivity index (χ1n) is 6.40. The number of benzene rings is 1. The number of aryl methyl sites for hydroxylation is 1. The average molecular weight is 424 g/mol. The van der Waals surface area contributed by atoms with Gasteiger partial charge in [0.1, 0.15) is 0 Å². The van der Waals surface area contributed by atoms with Gasteiger partial charge < -0.3 is 24.8 Å². The van der Waals surface area contributed by atoms with Crippen molar-refractivity contribution in [1.82, 2.24) is 20.2 Å². The van der Waals surface area contributed by atoms with Crippen molar-refractivity contribution in [2.75, 3.05) is 0 Å². The fraction of sp³-hybridized carbons (Fsp3) is 0.0625. The molecule has 7 heteroatoms. The standard InChI is InChI=1S/C10H7N4.C6H7.2ClH.Zr/c1-2-4-9-6-10(5-8(9)3-1)14-12-7-11-13-14;1-6-4-2-3-5-6;;;/h1-7H;2-5H,1H3;2*1H;/q2*-1;;;+4/p-2. The molecular formula is C16H14Cl2N4Zr. The zero-order valence-electron chi connectivity index (χ0n) is 12.4. The smallest absolute Gasteiger partial charge is 1.00 e. The van der Waals surface area contributed by atoms with E-state index in [-0.39, 0.29) is 51.0 Å². The third-order valence-corrected chi connectivity index (χ3v) is 3.01. The van der Waals surface area contributed by atoms with Crippen molar-refractivity contribution >= 4 is 10.8 Å². The molecule has 0 unspecified atom stereocenters. The number of nitrogens with zero attached hydrogens (tertiary/aromatic N) is 4. The predicted molar refractivity (Wildman–Crippen MR) is 79.0 cm³/mol. The van der Waals surface area contributed by atoms with Crippen molar-refractivity contribution in [2.24, 2.45) is 0 Å². The Bertz CT molecular complexity index is 747. The monoisotopic (exact) mass is 422 g/mol. The SMILES string of the molecule is C[c-]1cccc1.[Cl-].[Cl-].[Zr+4].c1ccc2[cH-]c(-n3ncnn3)cc2c1. The van der Waals surface area contributed by atoms with Crippen molar-refractivity contribution in [3.05, 3.63) is 72.6 Å². The number of fused-ring (bicyclic) bond motifs is 1. The minimum atomic E-state index is 0. The molecule has 0 aliphatic heterocycles. The maximum atomic E-state index is 3.98. The minimum absolute atomic E-state index is 0. The first-order chi connectivity index (χ1) is 9.83. The second kappa shape index (κ2) is 10.5. The summed E-state index contributed by atoms with van der Waals surface area (Å²) in [6.07, 6.45) is 1.43. The van der Waals surface area contributed by atoms with Crippen LogP contribution in [0, 0.1) is 6.92 Å². The van der Waals surface area contributed by atoms with Crippen LogP contribution >= 0.6 is 0 Å². The summed E-state index contributed by atoms with van der Waals surface area (Å²) < 4.78 is 0. The van der Waals surface area contributed by atoms with E-state index in [9.17, 15) is 0 Å². The second-order valence-electron chi connectivity index (χ2n) is 4.53. The molecule has 0 bridgehead atoms. The molecule has 0 radical (unpaired) electrons. The zero-order valence-corrected chi connectivity index (χ0v) is 16.4. The molecule has 4 nitrogen and oxygen atoms in total. The molecule has 4 aromatic rings. The summed E-state index contributed by atoms with van der Waals surface area (Å²) in [5.41, 5.74) is 2.29. The number of tetrazole rings is 1. The Morgan fingerprint density at radius 2 is 1.74 bits per heavy atom. The molecule has 0 N–H and O–H groups in total. The van der Waals surface area contributed by atoms with Gasteiger partial charge >= 0.3 is 26.2 Å². The van der Waals surface area contributed by atoms with Crippen molar-refractivity contribution in [3.63, 3.8) is 0 Å². The van der Waals surface area contributed by atoms with Crippen LogP contribution in [0.15, 0.2) is 67.0 Å². The molecule has 3 aromatic carbocycles. The fourth-order valence-electron chi connectivity index (χ4n) is 2.01. The summed E-state index contributed by atoms with van der Waals surface area (Å²) in [6, 6.07) is 20.5. The summed E-state index contributed by atoms with van der Waals surface area (Å²) in [5.74, 6) is 0. The number of hydrogen-bond donors (Lipinski definition) is 0.